The van der Waals surface area contributed by atoms with Gasteiger partial charge in [0.1, 0.15) is 17.4 Å². The summed E-state index contributed by atoms with van der Waals surface area (Å²) in [5, 5.41) is 24.9. The van der Waals surface area contributed by atoms with Crippen molar-refractivity contribution in [3.8, 4) is 22.6 Å². The minimum absolute atomic E-state index is 0.0133. The Labute approximate surface area is 164 Å². The molecule has 150 valence electrons. The molecule has 0 radical (unpaired) electrons. The number of likely N-dealkylation sites (tertiary alicyclic amines) is 1. The van der Waals surface area contributed by atoms with Crippen LogP contribution in [0.4, 0.5) is 9.18 Å². The first-order chi connectivity index (χ1) is 13.9. The molecule has 1 saturated heterocycles. The minimum atomic E-state index is -0.970. The highest BCUT2D eigenvalue weighted by atomic mass is 19.1. The molecule has 3 aromatic rings. The standard InChI is InChI=1S/C20H19FN4O4/c21-16-10-14(13-1-4-15(26)5-2-13)3-6-17(16)25-18(22-23-19(25)27)9-12-7-8-24(11-12)20(28)29/h1-6,10,12,26H,7-9,11H2,(H,23,27)(H,28,29)/t12-/m0/s1. The molecule has 0 bridgehead atoms. The maximum absolute atomic E-state index is 14.9. The Morgan fingerprint density at radius 2 is 1.93 bits per heavy atom. The van der Waals surface area contributed by atoms with Crippen molar-refractivity contribution in [3.05, 3.63) is 64.6 Å². The number of halogens is 1. The molecule has 0 spiro atoms. The zero-order valence-electron chi connectivity index (χ0n) is 15.4. The number of carbonyl (C=O) groups is 1. The molecule has 4 rings (SSSR count). The van der Waals surface area contributed by atoms with Gasteiger partial charge in [0.25, 0.3) is 0 Å². The summed E-state index contributed by atoms with van der Waals surface area (Å²) < 4.78 is 16.1. The molecule has 2 aromatic carbocycles. The Hall–Kier alpha value is -3.62. The number of phenolic OH excluding ortho intramolecular Hbond substituents is 1. The van der Waals surface area contributed by atoms with E-state index in [0.717, 1.165) is 5.56 Å². The van der Waals surface area contributed by atoms with Crippen LogP contribution in [0, 0.1) is 11.7 Å². The van der Waals surface area contributed by atoms with Gasteiger partial charge >= 0.3 is 11.8 Å². The largest absolute Gasteiger partial charge is 0.508 e. The van der Waals surface area contributed by atoms with Crippen LogP contribution in [0.1, 0.15) is 12.2 Å². The van der Waals surface area contributed by atoms with Crippen molar-refractivity contribution in [2.24, 2.45) is 5.92 Å². The van der Waals surface area contributed by atoms with Gasteiger partial charge in [-0.3, -0.25) is 0 Å². The Morgan fingerprint density at radius 3 is 2.59 bits per heavy atom. The lowest BCUT2D eigenvalue weighted by atomic mass is 10.0. The molecule has 1 aliphatic heterocycles. The number of nitrogens with zero attached hydrogens (tertiary/aromatic N) is 3. The topological polar surface area (TPSA) is 111 Å². The van der Waals surface area contributed by atoms with E-state index in [9.17, 15) is 19.1 Å². The van der Waals surface area contributed by atoms with Crippen LogP contribution in [0.3, 0.4) is 0 Å². The number of H-pyrrole nitrogens is 1. The van der Waals surface area contributed by atoms with Crippen LogP contribution in [0.5, 0.6) is 5.75 Å². The molecular weight excluding hydrogens is 379 g/mol. The van der Waals surface area contributed by atoms with Crippen molar-refractivity contribution in [2.75, 3.05) is 13.1 Å². The molecule has 0 unspecified atom stereocenters. The number of aromatic hydroxyl groups is 1. The first kappa shape index (κ1) is 18.7. The van der Waals surface area contributed by atoms with E-state index in [4.69, 9.17) is 5.11 Å². The summed E-state index contributed by atoms with van der Waals surface area (Å²) >= 11 is 0. The zero-order valence-corrected chi connectivity index (χ0v) is 15.4. The van der Waals surface area contributed by atoms with Gasteiger partial charge in [0.05, 0.1) is 5.69 Å². The van der Waals surface area contributed by atoms with Crippen molar-refractivity contribution in [1.29, 1.82) is 0 Å². The van der Waals surface area contributed by atoms with E-state index in [1.807, 2.05) is 0 Å². The number of rotatable bonds is 4. The maximum atomic E-state index is 14.9. The number of benzene rings is 2. The molecule has 2 heterocycles. The number of nitrogens with one attached hydrogen (secondary N) is 1. The number of hydrogen-bond acceptors (Lipinski definition) is 4. The summed E-state index contributed by atoms with van der Waals surface area (Å²) in [6, 6.07) is 10.9. The minimum Gasteiger partial charge on any atom is -0.508 e. The molecular formula is C20H19FN4O4. The maximum Gasteiger partial charge on any atom is 0.407 e. The van der Waals surface area contributed by atoms with E-state index in [1.165, 1.54) is 33.7 Å². The molecule has 1 atom stereocenters. The number of carboxylic acid groups (broad SMARTS) is 1. The van der Waals surface area contributed by atoms with Crippen molar-refractivity contribution in [2.45, 2.75) is 12.8 Å². The van der Waals surface area contributed by atoms with Gasteiger partial charge in [-0.15, -0.1) is 0 Å². The van der Waals surface area contributed by atoms with Crippen molar-refractivity contribution in [1.82, 2.24) is 19.7 Å². The van der Waals surface area contributed by atoms with E-state index in [2.05, 4.69) is 10.2 Å². The lowest BCUT2D eigenvalue weighted by Crippen LogP contribution is -2.27. The second-order valence-electron chi connectivity index (χ2n) is 7.08. The summed E-state index contributed by atoms with van der Waals surface area (Å²) in [4.78, 5) is 24.7. The van der Waals surface area contributed by atoms with Gasteiger partial charge in [0, 0.05) is 19.5 Å². The van der Waals surface area contributed by atoms with Gasteiger partial charge in [0.2, 0.25) is 0 Å². The Morgan fingerprint density at radius 1 is 1.21 bits per heavy atom. The predicted octanol–water partition coefficient (Wildman–Crippen LogP) is 2.61. The highest BCUT2D eigenvalue weighted by molar-refractivity contribution is 5.66. The van der Waals surface area contributed by atoms with E-state index in [-0.39, 0.29) is 17.4 Å². The number of amides is 1. The summed E-state index contributed by atoms with van der Waals surface area (Å²) in [6.45, 7) is 0.795. The average molecular weight is 398 g/mol. The highest BCUT2D eigenvalue weighted by Gasteiger charge is 2.28. The number of hydrogen-bond donors (Lipinski definition) is 3. The van der Waals surface area contributed by atoms with Crippen molar-refractivity contribution >= 4 is 6.09 Å². The number of aromatic amines is 1. The summed E-state index contributed by atoms with van der Waals surface area (Å²) in [5.41, 5.74) is 0.865. The zero-order chi connectivity index (χ0) is 20.5. The molecule has 1 aliphatic rings. The number of phenols is 1. The third-order valence-electron chi connectivity index (χ3n) is 5.16. The normalized spacial score (nSPS) is 16.3. The molecule has 8 nitrogen and oxygen atoms in total. The van der Waals surface area contributed by atoms with Crippen LogP contribution in [0.15, 0.2) is 47.3 Å². The Kier molecular flexibility index (Phi) is 4.79. The van der Waals surface area contributed by atoms with Gasteiger partial charge in [-0.1, -0.05) is 18.2 Å². The first-order valence-corrected chi connectivity index (χ1v) is 9.16. The quantitative estimate of drug-likeness (QED) is 0.626. The molecule has 9 heteroatoms. The van der Waals surface area contributed by atoms with Gasteiger partial charge in [-0.05, 0) is 47.7 Å². The fourth-order valence-electron chi connectivity index (χ4n) is 3.67. The third-order valence-corrected chi connectivity index (χ3v) is 5.16. The molecule has 3 N–H and O–H groups in total. The highest BCUT2D eigenvalue weighted by Crippen LogP contribution is 2.26. The van der Waals surface area contributed by atoms with Crippen LogP contribution in [0.25, 0.3) is 16.8 Å². The molecule has 1 aromatic heterocycles. The average Bonchev–Trinajstić information content (AvgIpc) is 3.30. The monoisotopic (exact) mass is 398 g/mol. The van der Waals surface area contributed by atoms with E-state index in [1.54, 1.807) is 18.2 Å². The van der Waals surface area contributed by atoms with Crippen molar-refractivity contribution in [3.63, 3.8) is 0 Å². The number of aromatic nitrogens is 3. The van der Waals surface area contributed by atoms with Crippen LogP contribution in [0.2, 0.25) is 0 Å². The summed E-state index contributed by atoms with van der Waals surface area (Å²) in [5.74, 6) is -0.0874. The van der Waals surface area contributed by atoms with Crippen LogP contribution in [-0.4, -0.2) is 49.1 Å². The molecule has 0 saturated carbocycles. The Bertz CT molecular complexity index is 1110. The van der Waals surface area contributed by atoms with Crippen LogP contribution in [-0.2, 0) is 6.42 Å². The van der Waals surface area contributed by atoms with Crippen LogP contribution >= 0.6 is 0 Å². The SMILES string of the molecule is O=C(O)N1CC[C@@H](Cc2n[nH]c(=O)n2-c2ccc(-c3ccc(O)cc3)cc2F)C1. The van der Waals surface area contributed by atoms with Gasteiger partial charge < -0.3 is 15.1 Å². The summed E-state index contributed by atoms with van der Waals surface area (Å²) in [6.07, 6.45) is 0.0554. The van der Waals surface area contributed by atoms with E-state index >= 15 is 0 Å². The molecule has 0 aliphatic carbocycles. The van der Waals surface area contributed by atoms with Gasteiger partial charge in [0.15, 0.2) is 0 Å². The summed E-state index contributed by atoms with van der Waals surface area (Å²) in [7, 11) is 0. The van der Waals surface area contributed by atoms with Crippen LogP contribution < -0.4 is 5.69 Å². The van der Waals surface area contributed by atoms with Gasteiger partial charge in [-0.25, -0.2) is 23.6 Å². The van der Waals surface area contributed by atoms with E-state index < -0.39 is 17.6 Å². The smallest absolute Gasteiger partial charge is 0.407 e. The second-order valence-corrected chi connectivity index (χ2v) is 7.08. The first-order valence-electron chi connectivity index (χ1n) is 9.16. The lowest BCUT2D eigenvalue weighted by Gasteiger charge is -2.13. The molecule has 1 amide bonds. The van der Waals surface area contributed by atoms with Crippen molar-refractivity contribution < 1.29 is 19.4 Å². The lowest BCUT2D eigenvalue weighted by molar-refractivity contribution is 0.154. The third kappa shape index (κ3) is 3.71. The molecule has 1 fully saturated rings. The fourth-order valence-corrected chi connectivity index (χ4v) is 3.67. The van der Waals surface area contributed by atoms with Gasteiger partial charge in [-0.2, -0.15) is 5.10 Å². The second kappa shape index (κ2) is 7.42. The molecule has 29 heavy (non-hydrogen) atoms. The Balaban J connectivity index is 1.62. The van der Waals surface area contributed by atoms with E-state index in [0.29, 0.717) is 37.3 Å². The fraction of sp³-hybridized carbons (Fsp3) is 0.250. The predicted molar refractivity (Wildman–Crippen MR) is 103 cm³/mol.